The van der Waals surface area contributed by atoms with Gasteiger partial charge in [-0.1, -0.05) is 194 Å². The normalized spacial score (nSPS) is 11.7. The van der Waals surface area contributed by atoms with E-state index in [1.54, 1.807) is 0 Å². The van der Waals surface area contributed by atoms with Crippen LogP contribution >= 0.6 is 0 Å². The zero-order chi connectivity index (χ0) is 35.6. The van der Waals surface area contributed by atoms with Crippen LogP contribution in [0.25, 0.3) is 109 Å². The maximum absolute atomic E-state index is 2.46. The van der Waals surface area contributed by atoms with Gasteiger partial charge in [-0.25, -0.2) is 0 Å². The van der Waals surface area contributed by atoms with E-state index in [2.05, 4.69) is 206 Å². The van der Waals surface area contributed by atoms with Crippen molar-refractivity contribution in [3.8, 4) is 44.5 Å². The summed E-state index contributed by atoms with van der Waals surface area (Å²) in [5, 5.41) is 15.1. The third kappa shape index (κ3) is 4.71. The highest BCUT2D eigenvalue weighted by molar-refractivity contribution is 6.26. The smallest absolute Gasteiger partial charge is 0.00199 e. The summed E-state index contributed by atoms with van der Waals surface area (Å²) in [5.74, 6) is 0. The van der Waals surface area contributed by atoms with Crippen molar-refractivity contribution in [1.29, 1.82) is 0 Å². The van der Waals surface area contributed by atoms with E-state index in [9.17, 15) is 0 Å². The van der Waals surface area contributed by atoms with E-state index in [1.165, 1.54) is 109 Å². The molecule has 0 aliphatic rings. The van der Waals surface area contributed by atoms with Crippen LogP contribution < -0.4 is 0 Å². The van der Waals surface area contributed by atoms with Gasteiger partial charge in [0, 0.05) is 0 Å². The summed E-state index contributed by atoms with van der Waals surface area (Å²) in [6.07, 6.45) is 0. The molecule has 0 fully saturated rings. The molecule has 0 N–H and O–H groups in total. The Hall–Kier alpha value is -7.02. The molecule has 11 aromatic carbocycles. The van der Waals surface area contributed by atoms with E-state index in [4.69, 9.17) is 0 Å². The first-order valence-electron chi connectivity index (χ1n) is 18.8. The Morgan fingerprint density at radius 1 is 0.185 bits per heavy atom. The van der Waals surface area contributed by atoms with E-state index in [0.29, 0.717) is 0 Å². The predicted molar refractivity (Wildman–Crippen MR) is 233 cm³/mol. The minimum absolute atomic E-state index is 1.22. The molecule has 0 radical (unpaired) electrons. The number of hydrogen-bond acceptors (Lipinski definition) is 0. The first-order valence-corrected chi connectivity index (χ1v) is 18.8. The molecule has 0 nitrogen and oxygen atoms in total. The minimum Gasteiger partial charge on any atom is -0.0616 e. The minimum atomic E-state index is 1.22. The van der Waals surface area contributed by atoms with Crippen LogP contribution in [-0.2, 0) is 0 Å². The highest BCUT2D eigenvalue weighted by atomic mass is 14.2. The van der Waals surface area contributed by atoms with Crippen molar-refractivity contribution < 1.29 is 0 Å². The van der Waals surface area contributed by atoms with E-state index in [-0.39, 0.29) is 0 Å². The fraction of sp³-hybridized carbons (Fsp3) is 0. The second-order valence-corrected chi connectivity index (χ2v) is 14.3. The third-order valence-corrected chi connectivity index (χ3v) is 11.4. The lowest BCUT2D eigenvalue weighted by Gasteiger charge is -2.22. The van der Waals surface area contributed by atoms with Crippen LogP contribution in [-0.4, -0.2) is 0 Å². The summed E-state index contributed by atoms with van der Waals surface area (Å²) < 4.78 is 0. The van der Waals surface area contributed by atoms with Crippen molar-refractivity contribution in [2.45, 2.75) is 0 Å². The van der Waals surface area contributed by atoms with Crippen molar-refractivity contribution in [1.82, 2.24) is 0 Å². The fourth-order valence-electron chi connectivity index (χ4n) is 9.06. The SMILES string of the molecule is c1ccc(-c2cc3ccccc3c3ccccc23)c(-c2c3ccccc3c(-c3cccc4ccccc34)c3ccc(-c4cccc5ccccc45)cc23)c1. The van der Waals surface area contributed by atoms with Gasteiger partial charge in [0.15, 0.2) is 0 Å². The van der Waals surface area contributed by atoms with Crippen molar-refractivity contribution in [2.24, 2.45) is 0 Å². The summed E-state index contributed by atoms with van der Waals surface area (Å²) in [6, 6.07) is 76.2. The summed E-state index contributed by atoms with van der Waals surface area (Å²) >= 11 is 0. The molecule has 0 aliphatic heterocycles. The van der Waals surface area contributed by atoms with Gasteiger partial charge in [0.1, 0.15) is 0 Å². The molecule has 11 rings (SSSR count). The van der Waals surface area contributed by atoms with E-state index in [1.807, 2.05) is 0 Å². The van der Waals surface area contributed by atoms with Gasteiger partial charge in [-0.2, -0.15) is 0 Å². The van der Waals surface area contributed by atoms with Gasteiger partial charge in [0.05, 0.1) is 0 Å². The monoisotopic (exact) mass is 682 g/mol. The van der Waals surface area contributed by atoms with Crippen LogP contribution in [0.4, 0.5) is 0 Å². The summed E-state index contributed by atoms with van der Waals surface area (Å²) in [6.45, 7) is 0. The van der Waals surface area contributed by atoms with Crippen molar-refractivity contribution in [2.75, 3.05) is 0 Å². The molecule has 0 heteroatoms. The second-order valence-electron chi connectivity index (χ2n) is 14.3. The second kappa shape index (κ2) is 12.3. The first kappa shape index (κ1) is 30.6. The molecular formula is C54H34. The molecular weight excluding hydrogens is 649 g/mol. The quantitative estimate of drug-likeness (QED) is 0.128. The Balaban J connectivity index is 1.30. The van der Waals surface area contributed by atoms with Crippen LogP contribution in [0.5, 0.6) is 0 Å². The molecule has 0 atom stereocenters. The van der Waals surface area contributed by atoms with E-state index in [0.717, 1.165) is 0 Å². The first-order chi connectivity index (χ1) is 26.8. The third-order valence-electron chi connectivity index (χ3n) is 11.4. The van der Waals surface area contributed by atoms with Crippen molar-refractivity contribution in [3.05, 3.63) is 206 Å². The van der Waals surface area contributed by atoms with Crippen LogP contribution in [0.15, 0.2) is 206 Å². The van der Waals surface area contributed by atoms with Gasteiger partial charge < -0.3 is 0 Å². The topological polar surface area (TPSA) is 0 Å². The number of hydrogen-bond donors (Lipinski definition) is 0. The lowest BCUT2D eigenvalue weighted by molar-refractivity contribution is 1.63. The molecule has 0 spiro atoms. The molecule has 54 heavy (non-hydrogen) atoms. The molecule has 0 unspecified atom stereocenters. The largest absolute Gasteiger partial charge is 0.0616 e. The Kier molecular flexibility index (Phi) is 6.97. The Bertz CT molecular complexity index is 3260. The van der Waals surface area contributed by atoms with Crippen LogP contribution in [0.1, 0.15) is 0 Å². The predicted octanol–water partition coefficient (Wildman–Crippen LogP) is 15.3. The molecule has 0 saturated carbocycles. The zero-order valence-electron chi connectivity index (χ0n) is 29.6. The Labute approximate surface area is 314 Å². The summed E-state index contributed by atoms with van der Waals surface area (Å²) in [7, 11) is 0. The molecule has 0 aromatic heterocycles. The lowest BCUT2D eigenvalue weighted by Crippen LogP contribution is -1.94. The van der Waals surface area contributed by atoms with Crippen LogP contribution in [0, 0.1) is 0 Å². The Morgan fingerprint density at radius 3 is 1.33 bits per heavy atom. The number of fused-ring (bicyclic) bond motifs is 7. The lowest BCUT2D eigenvalue weighted by atomic mass is 9.81. The summed E-state index contributed by atoms with van der Waals surface area (Å²) in [4.78, 5) is 0. The fourth-order valence-corrected chi connectivity index (χ4v) is 9.06. The molecule has 0 amide bonds. The Morgan fingerprint density at radius 2 is 0.630 bits per heavy atom. The van der Waals surface area contributed by atoms with Gasteiger partial charge in [-0.15, -0.1) is 0 Å². The average Bonchev–Trinajstić information content (AvgIpc) is 3.25. The number of benzene rings is 11. The maximum Gasteiger partial charge on any atom is -0.00199 e. The molecule has 0 saturated heterocycles. The molecule has 250 valence electrons. The van der Waals surface area contributed by atoms with Crippen molar-refractivity contribution >= 4 is 64.6 Å². The zero-order valence-corrected chi connectivity index (χ0v) is 29.6. The molecule has 0 bridgehead atoms. The molecule has 0 aliphatic carbocycles. The number of rotatable bonds is 4. The van der Waals surface area contributed by atoms with Gasteiger partial charge in [-0.05, 0) is 121 Å². The van der Waals surface area contributed by atoms with Gasteiger partial charge >= 0.3 is 0 Å². The van der Waals surface area contributed by atoms with Crippen LogP contribution in [0.3, 0.4) is 0 Å². The van der Waals surface area contributed by atoms with Crippen molar-refractivity contribution in [3.63, 3.8) is 0 Å². The van der Waals surface area contributed by atoms with E-state index < -0.39 is 0 Å². The maximum atomic E-state index is 2.46. The van der Waals surface area contributed by atoms with Crippen LogP contribution in [0.2, 0.25) is 0 Å². The van der Waals surface area contributed by atoms with Gasteiger partial charge in [0.25, 0.3) is 0 Å². The standard InChI is InChI=1S/C54H34/c1-4-20-39-35(15-1)18-13-29-41(39)38-31-32-50-52(34-38)54(49-28-12-11-27-48(49)53(50)46-30-14-19-36-16-2-5-21-40(36)46)47-26-10-9-25-45(47)51-33-37-17-3-6-22-42(37)43-23-7-8-24-44(43)51/h1-34H. The molecule has 0 heterocycles. The highest BCUT2D eigenvalue weighted by Gasteiger charge is 2.22. The van der Waals surface area contributed by atoms with Gasteiger partial charge in [-0.3, -0.25) is 0 Å². The molecule has 11 aromatic rings. The average molecular weight is 683 g/mol. The van der Waals surface area contributed by atoms with Gasteiger partial charge in [0.2, 0.25) is 0 Å². The highest BCUT2D eigenvalue weighted by Crippen LogP contribution is 2.49. The van der Waals surface area contributed by atoms with E-state index >= 15 is 0 Å². The summed E-state index contributed by atoms with van der Waals surface area (Å²) in [5.41, 5.74) is 9.98.